The van der Waals surface area contributed by atoms with Gasteiger partial charge in [0, 0.05) is 30.3 Å². The number of carbonyl (C=O) groups is 2. The lowest BCUT2D eigenvalue weighted by molar-refractivity contribution is 0.0550. The molecule has 0 unspecified atom stereocenters. The van der Waals surface area contributed by atoms with Crippen LogP contribution in [0.2, 0.25) is 0 Å². The smallest absolute Gasteiger partial charge is 0.420 e. The highest BCUT2D eigenvalue weighted by Crippen LogP contribution is 2.42. The van der Waals surface area contributed by atoms with Gasteiger partial charge in [-0.25, -0.2) is 38.7 Å². The average molecular weight is 759 g/mol. The molecule has 0 fully saturated rings. The summed E-state index contributed by atoms with van der Waals surface area (Å²) in [5, 5.41) is 1.65. The number of aromatic nitrogens is 6. The molecule has 10 nitrogen and oxygen atoms in total. The van der Waals surface area contributed by atoms with Crippen LogP contribution in [0.4, 0.5) is 9.59 Å². The Morgan fingerprint density at radius 3 is 1.40 bits per heavy atom. The summed E-state index contributed by atoms with van der Waals surface area (Å²) in [7, 11) is 1.37. The summed E-state index contributed by atoms with van der Waals surface area (Å²) in [5.41, 5.74) is 7.74. The van der Waals surface area contributed by atoms with Crippen LogP contribution in [-0.4, -0.2) is 54.0 Å². The van der Waals surface area contributed by atoms with Crippen molar-refractivity contribution in [3.63, 3.8) is 0 Å². The highest BCUT2D eigenvalue weighted by Gasteiger charge is 2.25. The second-order valence-electron chi connectivity index (χ2n) is 14.2. The number of ether oxygens (including phenoxy) is 2. The molecule has 55 heavy (non-hydrogen) atoms. The van der Waals surface area contributed by atoms with Crippen molar-refractivity contribution >= 4 is 101 Å². The third kappa shape index (κ3) is 5.44. The number of hydrogen-bond acceptors (Lipinski definition) is 10. The van der Waals surface area contributed by atoms with Gasteiger partial charge in [-0.05, 0) is 105 Å². The summed E-state index contributed by atoms with van der Waals surface area (Å²) >= 11 is 3.35. The monoisotopic (exact) mass is 758 g/mol. The third-order valence-electron chi connectivity index (χ3n) is 9.47. The van der Waals surface area contributed by atoms with Crippen molar-refractivity contribution in [2.75, 3.05) is 7.11 Å². The van der Waals surface area contributed by atoms with Gasteiger partial charge in [0.25, 0.3) is 0 Å². The van der Waals surface area contributed by atoms with E-state index in [1.54, 1.807) is 27.2 Å². The molecule has 4 aromatic carbocycles. The zero-order valence-corrected chi connectivity index (χ0v) is 31.7. The lowest BCUT2D eigenvalue weighted by atomic mass is 10.1. The highest BCUT2D eigenvalue weighted by molar-refractivity contribution is 7.25. The minimum absolute atomic E-state index is 0.460. The van der Waals surface area contributed by atoms with E-state index in [-0.39, 0.29) is 0 Å². The molecule has 0 saturated heterocycles. The molecular weight excluding hydrogens is 729 g/mol. The van der Waals surface area contributed by atoms with E-state index in [0.29, 0.717) is 44.4 Å². The van der Waals surface area contributed by atoms with E-state index in [0.717, 1.165) is 52.4 Å². The first-order valence-electron chi connectivity index (χ1n) is 17.6. The van der Waals surface area contributed by atoms with Crippen LogP contribution in [0.5, 0.6) is 0 Å². The molecule has 0 aliphatic heterocycles. The van der Waals surface area contributed by atoms with E-state index in [9.17, 15) is 9.59 Å². The fourth-order valence-electron chi connectivity index (χ4n) is 7.04. The number of carbonyl (C=O) groups excluding carboxylic acids is 2. The molecule has 0 atom stereocenters. The molecule has 0 N–H and O–H groups in total. The van der Waals surface area contributed by atoms with Gasteiger partial charge in [0.2, 0.25) is 0 Å². The van der Waals surface area contributed by atoms with E-state index in [1.807, 2.05) is 93.6 Å². The van der Waals surface area contributed by atoms with Gasteiger partial charge in [-0.1, -0.05) is 36.4 Å². The molecule has 6 aromatic heterocycles. The number of para-hydroxylation sites is 4. The van der Waals surface area contributed by atoms with E-state index in [2.05, 4.69) is 36.4 Å². The van der Waals surface area contributed by atoms with Gasteiger partial charge in [-0.3, -0.25) is 0 Å². The Labute approximate surface area is 321 Å². The van der Waals surface area contributed by atoms with Crippen molar-refractivity contribution in [1.82, 2.24) is 29.1 Å². The number of hydrogen-bond donors (Lipinski definition) is 0. The quantitative estimate of drug-likeness (QED) is 0.175. The van der Waals surface area contributed by atoms with Crippen LogP contribution in [0, 0.1) is 0 Å². The predicted molar refractivity (Wildman–Crippen MR) is 220 cm³/mol. The Kier molecular flexibility index (Phi) is 7.38. The Morgan fingerprint density at radius 2 is 0.964 bits per heavy atom. The first kappa shape index (κ1) is 33.1. The molecule has 268 valence electrons. The van der Waals surface area contributed by atoms with Crippen LogP contribution in [0.3, 0.4) is 0 Å². The summed E-state index contributed by atoms with van der Waals surface area (Å²) in [5.74, 6) is 0. The van der Waals surface area contributed by atoms with Gasteiger partial charge in [0.15, 0.2) is 11.3 Å². The van der Waals surface area contributed by atoms with E-state index < -0.39 is 17.8 Å². The molecule has 0 saturated carbocycles. The lowest BCUT2D eigenvalue weighted by Crippen LogP contribution is -2.27. The molecule has 0 bridgehead atoms. The van der Waals surface area contributed by atoms with Gasteiger partial charge in [-0.2, -0.15) is 0 Å². The molecule has 10 rings (SSSR count). The average Bonchev–Trinajstić information content (AvgIpc) is 3.98. The number of thiophene rings is 2. The molecule has 10 aromatic rings. The normalized spacial score (nSPS) is 12.1. The van der Waals surface area contributed by atoms with Crippen LogP contribution < -0.4 is 0 Å². The Hall–Kier alpha value is -6.50. The van der Waals surface area contributed by atoms with Crippen molar-refractivity contribution in [1.29, 1.82) is 0 Å². The number of fused-ring (bicyclic) bond motifs is 8. The van der Waals surface area contributed by atoms with Crippen LogP contribution in [0.25, 0.3) is 96.8 Å². The molecule has 12 heteroatoms. The molecule has 0 radical (unpaired) electrons. The topological polar surface area (TPSA) is 114 Å². The fourth-order valence-corrected chi connectivity index (χ4v) is 9.14. The Bertz CT molecular complexity index is 3220. The van der Waals surface area contributed by atoms with Gasteiger partial charge < -0.3 is 9.47 Å². The fraction of sp³-hybridized carbons (Fsp3) is 0.116. The van der Waals surface area contributed by atoms with Crippen LogP contribution >= 0.6 is 22.7 Å². The molecule has 6 heterocycles. The zero-order chi connectivity index (χ0) is 37.6. The second-order valence-corrected chi connectivity index (χ2v) is 16.3. The van der Waals surface area contributed by atoms with Crippen LogP contribution in [0.15, 0.2) is 109 Å². The van der Waals surface area contributed by atoms with E-state index >= 15 is 0 Å². The van der Waals surface area contributed by atoms with Crippen molar-refractivity contribution in [2.24, 2.45) is 0 Å². The minimum Gasteiger partial charge on any atom is -0.452 e. The maximum Gasteiger partial charge on any atom is 0.420 e. The first-order chi connectivity index (χ1) is 26.6. The van der Waals surface area contributed by atoms with E-state index in [1.165, 1.54) is 11.7 Å². The number of nitrogens with zero attached hydrogens (tertiary/aromatic N) is 6. The van der Waals surface area contributed by atoms with Gasteiger partial charge >= 0.3 is 12.2 Å². The number of methoxy groups -OCH3 is 1. The molecular formula is C43H30N6O4S2. The summed E-state index contributed by atoms with van der Waals surface area (Å²) in [6.07, 6.45) is -1.02. The summed E-state index contributed by atoms with van der Waals surface area (Å²) in [6.45, 7) is 5.56. The van der Waals surface area contributed by atoms with Crippen molar-refractivity contribution in [3.8, 4) is 30.6 Å². The third-order valence-corrected chi connectivity index (χ3v) is 11.9. The summed E-state index contributed by atoms with van der Waals surface area (Å²) < 4.78 is 14.1. The van der Waals surface area contributed by atoms with Crippen molar-refractivity contribution in [3.05, 3.63) is 109 Å². The standard InChI is InChI=1S/C43H30N6O4S2/c1-43(2,3)53-42(51)49-32-22-24(14-16-26(32)38-40(49)47-30-12-8-6-10-28(30)45-38)34-18-20-36(55-34)35-19-17-33(54-35)23-13-15-25-31(21-23)48(41(50)52-4)39-37(25)44-27-9-5-7-11-29(27)46-39/h5-22H,1-4H3. The minimum atomic E-state index is -0.695. The highest BCUT2D eigenvalue weighted by atomic mass is 32.1. The Balaban J connectivity index is 1.03. The maximum absolute atomic E-state index is 13.7. The first-order valence-corrected chi connectivity index (χ1v) is 19.2. The SMILES string of the molecule is COC(=O)n1c2cc(-c3ccc(-c4ccc(-c5ccc6c7nc8ccccc8nc7n(C(=O)OC(C)(C)C)c6c5)s4)s3)ccc2c2nc3ccccc3nc21. The number of benzene rings is 4. The Morgan fingerprint density at radius 1 is 0.545 bits per heavy atom. The van der Waals surface area contributed by atoms with Gasteiger partial charge in [0.05, 0.1) is 40.2 Å². The summed E-state index contributed by atoms with van der Waals surface area (Å²) in [6, 6.07) is 35.9. The second kappa shape index (κ2) is 12.3. The van der Waals surface area contributed by atoms with Gasteiger partial charge in [-0.15, -0.1) is 22.7 Å². The van der Waals surface area contributed by atoms with Crippen molar-refractivity contribution < 1.29 is 19.1 Å². The zero-order valence-electron chi connectivity index (χ0n) is 30.0. The van der Waals surface area contributed by atoms with Crippen molar-refractivity contribution in [2.45, 2.75) is 26.4 Å². The lowest BCUT2D eigenvalue weighted by Gasteiger charge is -2.20. The predicted octanol–water partition coefficient (Wildman–Crippen LogP) is 11.3. The summed E-state index contributed by atoms with van der Waals surface area (Å²) in [4.78, 5) is 50.6. The molecule has 0 spiro atoms. The van der Waals surface area contributed by atoms with Crippen LogP contribution in [-0.2, 0) is 9.47 Å². The maximum atomic E-state index is 13.7. The van der Waals surface area contributed by atoms with Crippen LogP contribution in [0.1, 0.15) is 20.8 Å². The van der Waals surface area contributed by atoms with E-state index in [4.69, 9.17) is 29.4 Å². The number of rotatable bonds is 3. The molecule has 0 aliphatic carbocycles. The van der Waals surface area contributed by atoms with Gasteiger partial charge in [0.1, 0.15) is 16.6 Å². The molecule has 0 amide bonds. The molecule has 0 aliphatic rings. The largest absolute Gasteiger partial charge is 0.452 e.